The van der Waals surface area contributed by atoms with Crippen molar-refractivity contribution in [3.8, 4) is 0 Å². The standard InChI is InChI=1S/C11H11NO3S/c12-11(15)10(14)9(13)7-2-1-6-3-4-16-8(6)5-7/h1-5,9-10,13-14H,(H2,12,15). The lowest BCUT2D eigenvalue weighted by Gasteiger charge is -2.14. The van der Waals surface area contributed by atoms with Crippen LogP contribution in [0.25, 0.3) is 10.1 Å². The molecular formula is C11H11NO3S. The summed E-state index contributed by atoms with van der Waals surface area (Å²) in [6.45, 7) is 0. The average molecular weight is 237 g/mol. The van der Waals surface area contributed by atoms with Gasteiger partial charge in [-0.1, -0.05) is 12.1 Å². The fourth-order valence-corrected chi connectivity index (χ4v) is 2.33. The molecule has 4 nitrogen and oxygen atoms in total. The number of rotatable bonds is 3. The SMILES string of the molecule is NC(=O)C(O)C(O)c1ccc2ccsc2c1. The maximum absolute atomic E-state index is 10.7. The van der Waals surface area contributed by atoms with E-state index in [0.29, 0.717) is 5.56 Å². The van der Waals surface area contributed by atoms with Gasteiger partial charge in [0.1, 0.15) is 6.10 Å². The highest BCUT2D eigenvalue weighted by Crippen LogP contribution is 2.26. The maximum Gasteiger partial charge on any atom is 0.249 e. The number of fused-ring (bicyclic) bond motifs is 1. The summed E-state index contributed by atoms with van der Waals surface area (Å²) in [5.74, 6) is -0.932. The number of hydrogen-bond acceptors (Lipinski definition) is 4. The lowest BCUT2D eigenvalue weighted by Crippen LogP contribution is -2.33. The van der Waals surface area contributed by atoms with E-state index in [9.17, 15) is 15.0 Å². The molecule has 0 saturated carbocycles. The van der Waals surface area contributed by atoms with Gasteiger partial charge in [0.05, 0.1) is 0 Å². The van der Waals surface area contributed by atoms with E-state index in [1.807, 2.05) is 17.5 Å². The number of benzene rings is 1. The van der Waals surface area contributed by atoms with E-state index >= 15 is 0 Å². The van der Waals surface area contributed by atoms with Crippen molar-refractivity contribution >= 4 is 27.3 Å². The number of aliphatic hydroxyl groups is 2. The first-order valence-corrected chi connectivity index (χ1v) is 5.60. The number of thiophene rings is 1. The van der Waals surface area contributed by atoms with Gasteiger partial charge >= 0.3 is 0 Å². The van der Waals surface area contributed by atoms with Gasteiger partial charge in [0.15, 0.2) is 6.10 Å². The minimum Gasteiger partial charge on any atom is -0.385 e. The molecule has 0 spiro atoms. The Bertz CT molecular complexity index is 523. The summed E-state index contributed by atoms with van der Waals surface area (Å²) in [6.07, 6.45) is -2.85. The van der Waals surface area contributed by atoms with Crippen molar-refractivity contribution in [2.75, 3.05) is 0 Å². The highest BCUT2D eigenvalue weighted by atomic mass is 32.1. The van der Waals surface area contributed by atoms with Gasteiger partial charge in [-0.2, -0.15) is 0 Å². The predicted molar refractivity (Wildman–Crippen MR) is 62.0 cm³/mol. The molecule has 1 aromatic carbocycles. The molecule has 0 aliphatic carbocycles. The van der Waals surface area contributed by atoms with Crippen LogP contribution in [0, 0.1) is 0 Å². The minimum atomic E-state index is -1.57. The van der Waals surface area contributed by atoms with Gasteiger partial charge in [0.25, 0.3) is 0 Å². The Morgan fingerprint density at radius 3 is 2.75 bits per heavy atom. The van der Waals surface area contributed by atoms with Crippen LogP contribution in [-0.4, -0.2) is 22.2 Å². The number of nitrogens with two attached hydrogens (primary N) is 1. The van der Waals surface area contributed by atoms with Gasteiger partial charge in [-0.15, -0.1) is 11.3 Å². The molecular weight excluding hydrogens is 226 g/mol. The number of primary amides is 1. The first-order valence-electron chi connectivity index (χ1n) is 4.72. The monoisotopic (exact) mass is 237 g/mol. The second-order valence-corrected chi connectivity index (χ2v) is 4.46. The number of hydrogen-bond donors (Lipinski definition) is 3. The lowest BCUT2D eigenvalue weighted by molar-refractivity contribution is -0.131. The third-order valence-corrected chi connectivity index (χ3v) is 3.29. The Hall–Kier alpha value is -1.43. The third-order valence-electron chi connectivity index (χ3n) is 2.41. The molecule has 0 bridgehead atoms. The molecule has 2 rings (SSSR count). The van der Waals surface area contributed by atoms with Gasteiger partial charge in [-0.25, -0.2) is 0 Å². The summed E-state index contributed by atoms with van der Waals surface area (Å²) in [7, 11) is 0. The van der Waals surface area contributed by atoms with Gasteiger partial charge in [0.2, 0.25) is 5.91 Å². The molecule has 0 aliphatic heterocycles. The topological polar surface area (TPSA) is 83.6 Å². The number of amides is 1. The quantitative estimate of drug-likeness (QED) is 0.737. The van der Waals surface area contributed by atoms with Crippen LogP contribution in [0.2, 0.25) is 0 Å². The zero-order valence-electron chi connectivity index (χ0n) is 8.33. The van der Waals surface area contributed by atoms with E-state index in [2.05, 4.69) is 0 Å². The van der Waals surface area contributed by atoms with Crippen molar-refractivity contribution in [2.24, 2.45) is 5.73 Å². The van der Waals surface area contributed by atoms with Crippen molar-refractivity contribution in [3.05, 3.63) is 35.2 Å². The van der Waals surface area contributed by atoms with Gasteiger partial charge < -0.3 is 15.9 Å². The number of carbonyl (C=O) groups excluding carboxylic acids is 1. The van der Waals surface area contributed by atoms with E-state index in [1.54, 1.807) is 12.1 Å². The summed E-state index contributed by atoms with van der Waals surface area (Å²) < 4.78 is 0.994. The molecule has 16 heavy (non-hydrogen) atoms. The van der Waals surface area contributed by atoms with Crippen molar-refractivity contribution in [1.82, 2.24) is 0 Å². The largest absolute Gasteiger partial charge is 0.385 e. The van der Waals surface area contributed by atoms with E-state index < -0.39 is 18.1 Å². The molecule has 1 heterocycles. The van der Waals surface area contributed by atoms with Crippen LogP contribution in [0.3, 0.4) is 0 Å². The Morgan fingerprint density at radius 2 is 2.06 bits per heavy atom. The zero-order chi connectivity index (χ0) is 11.7. The average Bonchev–Trinajstić information content (AvgIpc) is 2.73. The molecule has 84 valence electrons. The van der Waals surface area contributed by atoms with E-state index in [4.69, 9.17) is 5.73 Å². The van der Waals surface area contributed by atoms with Gasteiger partial charge in [-0.05, 0) is 28.5 Å². The fourth-order valence-electron chi connectivity index (χ4n) is 1.49. The van der Waals surface area contributed by atoms with Crippen LogP contribution in [0.5, 0.6) is 0 Å². The van der Waals surface area contributed by atoms with Crippen molar-refractivity contribution in [2.45, 2.75) is 12.2 Å². The van der Waals surface area contributed by atoms with Crippen LogP contribution in [0.15, 0.2) is 29.6 Å². The molecule has 0 aliphatic rings. The fraction of sp³-hybridized carbons (Fsp3) is 0.182. The van der Waals surface area contributed by atoms with E-state index in [1.165, 1.54) is 11.3 Å². The first-order chi connectivity index (χ1) is 7.59. The van der Waals surface area contributed by atoms with Gasteiger partial charge in [-0.3, -0.25) is 4.79 Å². The van der Waals surface area contributed by atoms with Crippen molar-refractivity contribution < 1.29 is 15.0 Å². The molecule has 5 heteroatoms. The molecule has 2 aromatic rings. The normalized spacial score (nSPS) is 14.9. The molecule has 1 amide bonds. The Balaban J connectivity index is 2.35. The Kier molecular flexibility index (Phi) is 2.91. The molecule has 1 aromatic heterocycles. The molecule has 2 unspecified atom stereocenters. The van der Waals surface area contributed by atoms with E-state index in [0.717, 1.165) is 10.1 Å². The highest BCUT2D eigenvalue weighted by molar-refractivity contribution is 7.17. The predicted octanol–water partition coefficient (Wildman–Crippen LogP) is 0.781. The van der Waals surface area contributed by atoms with E-state index in [-0.39, 0.29) is 0 Å². The van der Waals surface area contributed by atoms with Crippen LogP contribution in [-0.2, 0) is 4.79 Å². The van der Waals surface area contributed by atoms with Crippen molar-refractivity contribution in [3.63, 3.8) is 0 Å². The summed E-state index contributed by atoms with van der Waals surface area (Å²) >= 11 is 1.53. The lowest BCUT2D eigenvalue weighted by atomic mass is 10.0. The summed E-state index contributed by atoms with van der Waals surface area (Å²) in [5, 5.41) is 22.1. The smallest absolute Gasteiger partial charge is 0.249 e. The highest BCUT2D eigenvalue weighted by Gasteiger charge is 2.23. The van der Waals surface area contributed by atoms with Crippen LogP contribution in [0.4, 0.5) is 0 Å². The molecule has 0 fully saturated rings. The molecule has 0 radical (unpaired) electrons. The van der Waals surface area contributed by atoms with Crippen LogP contribution in [0.1, 0.15) is 11.7 Å². The summed E-state index contributed by atoms with van der Waals surface area (Å²) in [5.41, 5.74) is 5.41. The minimum absolute atomic E-state index is 0.487. The molecule has 0 saturated heterocycles. The first kappa shape index (κ1) is 11.1. The third kappa shape index (κ3) is 1.92. The maximum atomic E-state index is 10.7. The summed E-state index contributed by atoms with van der Waals surface area (Å²) in [6, 6.07) is 7.21. The van der Waals surface area contributed by atoms with Crippen LogP contribution >= 0.6 is 11.3 Å². The Morgan fingerprint density at radius 1 is 1.31 bits per heavy atom. The second-order valence-electron chi connectivity index (χ2n) is 3.51. The summed E-state index contributed by atoms with van der Waals surface area (Å²) in [4.78, 5) is 10.7. The zero-order valence-corrected chi connectivity index (χ0v) is 9.15. The molecule has 2 atom stereocenters. The second kappa shape index (κ2) is 4.21. The number of carbonyl (C=O) groups is 1. The number of aliphatic hydroxyl groups excluding tert-OH is 2. The van der Waals surface area contributed by atoms with Gasteiger partial charge in [0, 0.05) is 4.70 Å². The molecule has 4 N–H and O–H groups in total. The van der Waals surface area contributed by atoms with Crippen LogP contribution < -0.4 is 5.73 Å². The Labute approximate surface area is 95.9 Å². The van der Waals surface area contributed by atoms with Crippen molar-refractivity contribution in [1.29, 1.82) is 0 Å².